The highest BCUT2D eigenvalue weighted by Crippen LogP contribution is 2.10. The van der Waals surface area contributed by atoms with Crippen molar-refractivity contribution in [3.8, 4) is 0 Å². The minimum atomic E-state index is -1.06. The second kappa shape index (κ2) is 8.31. The Morgan fingerprint density at radius 3 is 2.33 bits per heavy atom. The van der Waals surface area contributed by atoms with Crippen LogP contribution in [-0.2, 0) is 4.79 Å². The number of carboxylic acid groups (broad SMARTS) is 1. The van der Waals surface area contributed by atoms with Crippen LogP contribution in [0.25, 0.3) is 0 Å². The lowest BCUT2D eigenvalue weighted by molar-refractivity contribution is -0.139. The molecule has 7 heteroatoms. The maximum atomic E-state index is 11.7. The van der Waals surface area contributed by atoms with E-state index in [1.54, 1.807) is 24.3 Å². The number of aliphatic carboxylic acids is 1. The van der Waals surface area contributed by atoms with Gasteiger partial charge in [-0.1, -0.05) is 0 Å². The smallest absolute Gasteiger partial charge is 0.326 e. The van der Waals surface area contributed by atoms with Gasteiger partial charge in [-0.3, -0.25) is 4.79 Å². The summed E-state index contributed by atoms with van der Waals surface area (Å²) >= 11 is 1.52. The summed E-state index contributed by atoms with van der Waals surface area (Å²) in [5, 5.41) is 14.0. The molecule has 1 atom stereocenters. The zero-order valence-electron chi connectivity index (χ0n) is 11.9. The molecule has 6 nitrogen and oxygen atoms in total. The van der Waals surface area contributed by atoms with Gasteiger partial charge in [-0.05, 0) is 49.6 Å². The molecule has 0 aliphatic heterocycles. The van der Waals surface area contributed by atoms with E-state index >= 15 is 0 Å². The Balaban J connectivity index is 2.59. The van der Waals surface area contributed by atoms with E-state index in [2.05, 4.69) is 10.6 Å². The molecule has 0 aromatic heterocycles. The molecule has 0 fully saturated rings. The predicted molar refractivity (Wildman–Crippen MR) is 83.0 cm³/mol. The first-order valence-corrected chi connectivity index (χ1v) is 7.73. The Bertz CT molecular complexity index is 516. The Hall–Kier alpha value is -2.02. The van der Waals surface area contributed by atoms with E-state index in [9.17, 15) is 14.4 Å². The van der Waals surface area contributed by atoms with Crippen LogP contribution in [0.3, 0.4) is 0 Å². The molecule has 2 amide bonds. The first-order valence-electron chi connectivity index (χ1n) is 6.34. The number of benzene rings is 1. The van der Waals surface area contributed by atoms with Crippen molar-refractivity contribution in [1.29, 1.82) is 0 Å². The summed E-state index contributed by atoms with van der Waals surface area (Å²) in [5.41, 5.74) is 1.04. The van der Waals surface area contributed by atoms with Gasteiger partial charge in [0.25, 0.3) is 0 Å². The van der Waals surface area contributed by atoms with E-state index in [-0.39, 0.29) is 5.78 Å². The third-order valence-corrected chi connectivity index (χ3v) is 3.41. The minimum absolute atomic E-state index is 0.0611. The topological polar surface area (TPSA) is 95.5 Å². The van der Waals surface area contributed by atoms with Crippen molar-refractivity contribution in [2.75, 3.05) is 17.3 Å². The Morgan fingerprint density at radius 1 is 1.24 bits per heavy atom. The first-order chi connectivity index (χ1) is 9.93. The molecule has 0 unspecified atom stereocenters. The Labute approximate surface area is 127 Å². The summed E-state index contributed by atoms with van der Waals surface area (Å²) < 4.78 is 0. The van der Waals surface area contributed by atoms with E-state index in [1.165, 1.54) is 18.7 Å². The van der Waals surface area contributed by atoms with Crippen LogP contribution >= 0.6 is 11.8 Å². The second-order valence-corrected chi connectivity index (χ2v) is 5.39. The molecule has 0 radical (unpaired) electrons. The number of ketones is 1. The number of carbonyl (C=O) groups excluding carboxylic acids is 2. The van der Waals surface area contributed by atoms with Crippen LogP contribution in [0.1, 0.15) is 23.7 Å². The quantitative estimate of drug-likeness (QED) is 0.671. The van der Waals surface area contributed by atoms with Gasteiger partial charge in [-0.25, -0.2) is 9.59 Å². The summed E-state index contributed by atoms with van der Waals surface area (Å²) in [6.07, 6.45) is 2.22. The summed E-state index contributed by atoms with van der Waals surface area (Å²) in [7, 11) is 0. The van der Waals surface area contributed by atoms with E-state index in [0.29, 0.717) is 23.4 Å². The number of thioether (sulfide) groups is 1. The summed E-state index contributed by atoms with van der Waals surface area (Å²) in [6.45, 7) is 1.46. The summed E-state index contributed by atoms with van der Waals surface area (Å²) in [5.74, 6) is -0.481. The average Bonchev–Trinajstić information content (AvgIpc) is 2.43. The van der Waals surface area contributed by atoms with Gasteiger partial charge in [0.2, 0.25) is 0 Å². The number of carboxylic acids is 1. The van der Waals surface area contributed by atoms with Gasteiger partial charge < -0.3 is 15.7 Å². The number of amides is 2. The molecule has 1 aromatic carbocycles. The summed E-state index contributed by atoms with van der Waals surface area (Å²) in [6, 6.07) is 4.87. The molecule has 21 heavy (non-hydrogen) atoms. The number of hydrogen-bond acceptors (Lipinski definition) is 4. The molecule has 0 saturated heterocycles. The number of rotatable bonds is 7. The minimum Gasteiger partial charge on any atom is -0.480 e. The molecule has 0 saturated carbocycles. The standard InChI is InChI=1S/C14H18N2O4S/c1-9(17)10-3-5-11(6-4-10)15-14(20)16-12(13(18)19)7-8-21-2/h3-6,12H,7-8H2,1-2H3,(H,18,19)(H2,15,16,20)/t12-/m1/s1. The number of hydrogen-bond donors (Lipinski definition) is 3. The predicted octanol–water partition coefficient (Wildman–Crippen LogP) is 2.22. The second-order valence-electron chi connectivity index (χ2n) is 4.40. The van der Waals surface area contributed by atoms with Crippen molar-refractivity contribution >= 4 is 35.2 Å². The molecule has 3 N–H and O–H groups in total. The van der Waals surface area contributed by atoms with Crippen molar-refractivity contribution in [3.05, 3.63) is 29.8 Å². The van der Waals surface area contributed by atoms with E-state index in [4.69, 9.17) is 5.11 Å². The number of carbonyl (C=O) groups is 3. The molecule has 0 aliphatic rings. The van der Waals surface area contributed by atoms with Crippen LogP contribution in [0.15, 0.2) is 24.3 Å². The molecule has 1 aromatic rings. The maximum absolute atomic E-state index is 11.7. The average molecular weight is 310 g/mol. The van der Waals surface area contributed by atoms with Crippen molar-refractivity contribution in [1.82, 2.24) is 5.32 Å². The highest BCUT2D eigenvalue weighted by Gasteiger charge is 2.19. The fraction of sp³-hybridized carbons (Fsp3) is 0.357. The normalized spacial score (nSPS) is 11.5. The lowest BCUT2D eigenvalue weighted by atomic mass is 10.1. The van der Waals surface area contributed by atoms with Gasteiger partial charge in [0.15, 0.2) is 5.78 Å². The SMILES string of the molecule is CSCC[C@@H](NC(=O)Nc1ccc(C(C)=O)cc1)C(=O)O. The number of nitrogens with one attached hydrogen (secondary N) is 2. The van der Waals surface area contributed by atoms with Gasteiger partial charge >= 0.3 is 12.0 Å². The van der Waals surface area contributed by atoms with Crippen LogP contribution in [-0.4, -0.2) is 40.9 Å². The number of Topliss-reactive ketones (excluding diaryl/α,β-unsaturated/α-hetero) is 1. The lowest BCUT2D eigenvalue weighted by Crippen LogP contribution is -2.43. The Morgan fingerprint density at radius 2 is 1.86 bits per heavy atom. The fourth-order valence-corrected chi connectivity index (χ4v) is 2.08. The lowest BCUT2D eigenvalue weighted by Gasteiger charge is -2.14. The molecule has 0 bridgehead atoms. The molecule has 1 rings (SSSR count). The highest BCUT2D eigenvalue weighted by molar-refractivity contribution is 7.98. The van der Waals surface area contributed by atoms with E-state index in [1.807, 2.05) is 6.26 Å². The molecule has 0 spiro atoms. The zero-order valence-corrected chi connectivity index (χ0v) is 12.7. The van der Waals surface area contributed by atoms with Gasteiger partial charge in [0.05, 0.1) is 0 Å². The monoisotopic (exact) mass is 310 g/mol. The zero-order chi connectivity index (χ0) is 15.8. The van der Waals surface area contributed by atoms with Crippen LogP contribution in [0, 0.1) is 0 Å². The first kappa shape index (κ1) is 17.0. The van der Waals surface area contributed by atoms with Crippen LogP contribution in [0.5, 0.6) is 0 Å². The van der Waals surface area contributed by atoms with Crippen LogP contribution < -0.4 is 10.6 Å². The van der Waals surface area contributed by atoms with Crippen LogP contribution in [0.4, 0.5) is 10.5 Å². The fourth-order valence-electron chi connectivity index (χ4n) is 1.61. The molecule has 114 valence electrons. The van der Waals surface area contributed by atoms with Gasteiger partial charge in [0.1, 0.15) is 6.04 Å². The van der Waals surface area contributed by atoms with Crippen molar-refractivity contribution < 1.29 is 19.5 Å². The van der Waals surface area contributed by atoms with Crippen molar-refractivity contribution in [2.24, 2.45) is 0 Å². The van der Waals surface area contributed by atoms with Gasteiger partial charge in [-0.15, -0.1) is 0 Å². The van der Waals surface area contributed by atoms with Gasteiger partial charge in [-0.2, -0.15) is 11.8 Å². The largest absolute Gasteiger partial charge is 0.480 e. The maximum Gasteiger partial charge on any atom is 0.326 e. The number of anilines is 1. The van der Waals surface area contributed by atoms with Crippen molar-refractivity contribution in [2.45, 2.75) is 19.4 Å². The van der Waals surface area contributed by atoms with Crippen LogP contribution in [0.2, 0.25) is 0 Å². The number of urea groups is 1. The van der Waals surface area contributed by atoms with E-state index in [0.717, 1.165) is 0 Å². The Kier molecular flexibility index (Phi) is 6.74. The van der Waals surface area contributed by atoms with Crippen molar-refractivity contribution in [3.63, 3.8) is 0 Å². The molecular weight excluding hydrogens is 292 g/mol. The third-order valence-electron chi connectivity index (χ3n) is 2.76. The molecule has 0 aliphatic carbocycles. The third kappa shape index (κ3) is 5.86. The molecular formula is C14H18N2O4S. The summed E-state index contributed by atoms with van der Waals surface area (Å²) in [4.78, 5) is 33.9. The van der Waals surface area contributed by atoms with Gasteiger partial charge in [0, 0.05) is 11.3 Å². The molecule has 0 heterocycles. The van der Waals surface area contributed by atoms with E-state index < -0.39 is 18.0 Å². The highest BCUT2D eigenvalue weighted by atomic mass is 32.2.